The first-order valence-electron chi connectivity index (χ1n) is 7.91. The van der Waals surface area contributed by atoms with Gasteiger partial charge in [0.05, 0.1) is 0 Å². The van der Waals surface area contributed by atoms with E-state index in [1.165, 1.54) is 25.7 Å². The second-order valence-electron chi connectivity index (χ2n) is 7.37. The molecule has 0 unspecified atom stereocenters. The van der Waals surface area contributed by atoms with Crippen LogP contribution in [0, 0.1) is 12.3 Å². The Morgan fingerprint density at radius 3 is 2.29 bits per heavy atom. The van der Waals surface area contributed by atoms with Gasteiger partial charge in [-0.1, -0.05) is 34.1 Å². The molecule has 1 aromatic heterocycles. The number of aromatic nitrogens is 2. The molecule has 5 heteroatoms. The van der Waals surface area contributed by atoms with Crippen LogP contribution in [0.25, 0.3) is 0 Å². The van der Waals surface area contributed by atoms with Crippen LogP contribution in [0.3, 0.4) is 0 Å². The smallest absolute Gasteiger partial charge is 0.148 e. The lowest BCUT2D eigenvalue weighted by Crippen LogP contribution is -2.23. The fourth-order valence-corrected chi connectivity index (χ4v) is 2.66. The van der Waals surface area contributed by atoms with Gasteiger partial charge < -0.3 is 10.7 Å². The monoisotopic (exact) mass is 291 g/mol. The van der Waals surface area contributed by atoms with Crippen molar-refractivity contribution >= 4 is 11.6 Å². The van der Waals surface area contributed by atoms with Gasteiger partial charge in [-0.15, -0.1) is 0 Å². The van der Waals surface area contributed by atoms with Gasteiger partial charge >= 0.3 is 0 Å². The lowest BCUT2D eigenvalue weighted by atomic mass is 9.95. The molecule has 0 bridgehead atoms. The summed E-state index contributed by atoms with van der Waals surface area (Å²) in [5.41, 5.74) is 4.07. The van der Waals surface area contributed by atoms with E-state index >= 15 is 0 Å². The van der Waals surface area contributed by atoms with E-state index in [-0.39, 0.29) is 5.41 Å². The van der Waals surface area contributed by atoms with Gasteiger partial charge in [-0.25, -0.2) is 15.8 Å². The molecule has 1 fully saturated rings. The van der Waals surface area contributed by atoms with E-state index in [4.69, 9.17) is 10.8 Å². The predicted molar refractivity (Wildman–Crippen MR) is 88.3 cm³/mol. The van der Waals surface area contributed by atoms with Crippen LogP contribution in [0.15, 0.2) is 0 Å². The first-order valence-corrected chi connectivity index (χ1v) is 7.91. The Hall–Kier alpha value is -1.36. The van der Waals surface area contributed by atoms with E-state index in [0.717, 1.165) is 23.8 Å². The highest BCUT2D eigenvalue weighted by Gasteiger charge is 2.41. The first kappa shape index (κ1) is 16.0. The highest BCUT2D eigenvalue weighted by atomic mass is 15.3. The number of nitrogens with two attached hydrogens (primary N) is 1. The molecule has 2 rings (SSSR count). The van der Waals surface area contributed by atoms with Crippen molar-refractivity contribution in [2.24, 2.45) is 11.3 Å². The van der Waals surface area contributed by atoms with E-state index in [1.54, 1.807) is 0 Å². The van der Waals surface area contributed by atoms with E-state index < -0.39 is 0 Å². The number of hydrogen-bond acceptors (Lipinski definition) is 5. The van der Waals surface area contributed by atoms with Crippen molar-refractivity contribution < 1.29 is 0 Å². The van der Waals surface area contributed by atoms with Crippen LogP contribution in [0.2, 0.25) is 0 Å². The van der Waals surface area contributed by atoms with Crippen LogP contribution in [0.5, 0.6) is 0 Å². The fraction of sp³-hybridized carbons (Fsp3) is 0.750. The first-order chi connectivity index (χ1) is 9.81. The Balaban J connectivity index is 2.21. The predicted octanol–water partition coefficient (Wildman–Crippen LogP) is 3.36. The number of hydrazine groups is 1. The van der Waals surface area contributed by atoms with E-state index in [1.807, 2.05) is 6.92 Å². The summed E-state index contributed by atoms with van der Waals surface area (Å²) in [6.45, 7) is 11.6. The molecular weight excluding hydrogens is 262 g/mol. The summed E-state index contributed by atoms with van der Waals surface area (Å²) in [6.07, 6.45) is 5.18. The molecule has 1 saturated carbocycles. The van der Waals surface area contributed by atoms with Gasteiger partial charge in [0.25, 0.3) is 0 Å². The molecule has 4 N–H and O–H groups in total. The molecule has 0 amide bonds. The van der Waals surface area contributed by atoms with Gasteiger partial charge in [-0.3, -0.25) is 0 Å². The largest absolute Gasteiger partial charge is 0.369 e. The summed E-state index contributed by atoms with van der Waals surface area (Å²) in [4.78, 5) is 9.26. The van der Waals surface area contributed by atoms with Gasteiger partial charge in [-0.05, 0) is 31.6 Å². The molecule has 1 aliphatic rings. The average Bonchev–Trinajstić information content (AvgIpc) is 3.17. The van der Waals surface area contributed by atoms with Crippen molar-refractivity contribution in [3.63, 3.8) is 0 Å². The third-order valence-corrected chi connectivity index (χ3v) is 4.32. The lowest BCUT2D eigenvalue weighted by molar-refractivity contribution is 0.484. The standard InChI is InChI=1S/C16H29N5/c1-6-7-16(8-9-16)10-18-12-11(2)13(21-17)20-14(19-12)15(3,4)5/h6-10,17H2,1-5H3,(H2,18,19,20,21). The molecule has 0 aliphatic heterocycles. The maximum absolute atomic E-state index is 5.61. The zero-order valence-corrected chi connectivity index (χ0v) is 14.0. The summed E-state index contributed by atoms with van der Waals surface area (Å²) in [5, 5.41) is 3.54. The van der Waals surface area contributed by atoms with Crippen LogP contribution in [-0.4, -0.2) is 16.5 Å². The molecule has 0 atom stereocenters. The molecule has 5 nitrogen and oxygen atoms in total. The molecule has 0 aromatic carbocycles. The number of anilines is 2. The summed E-state index contributed by atoms with van der Waals surface area (Å²) < 4.78 is 0. The maximum Gasteiger partial charge on any atom is 0.148 e. The van der Waals surface area contributed by atoms with Crippen LogP contribution in [0.1, 0.15) is 64.8 Å². The third kappa shape index (κ3) is 3.64. The quantitative estimate of drug-likeness (QED) is 0.553. The van der Waals surface area contributed by atoms with Crippen LogP contribution < -0.4 is 16.6 Å². The summed E-state index contributed by atoms with van der Waals surface area (Å²) >= 11 is 0. The Morgan fingerprint density at radius 2 is 1.81 bits per heavy atom. The summed E-state index contributed by atoms with van der Waals surface area (Å²) in [6, 6.07) is 0. The fourth-order valence-electron chi connectivity index (χ4n) is 2.66. The molecule has 1 aliphatic carbocycles. The second kappa shape index (κ2) is 5.79. The number of nitrogens with zero attached hydrogens (tertiary/aromatic N) is 2. The molecule has 118 valence electrons. The molecular formula is C16H29N5. The Labute approximate surface area is 128 Å². The highest BCUT2D eigenvalue weighted by Crippen LogP contribution is 2.49. The Kier molecular flexibility index (Phi) is 4.42. The molecule has 0 spiro atoms. The summed E-state index contributed by atoms with van der Waals surface area (Å²) in [7, 11) is 0. The summed E-state index contributed by atoms with van der Waals surface area (Å²) in [5.74, 6) is 8.03. The van der Waals surface area contributed by atoms with Crippen LogP contribution >= 0.6 is 0 Å². The second-order valence-corrected chi connectivity index (χ2v) is 7.37. The van der Waals surface area contributed by atoms with Crippen LogP contribution in [-0.2, 0) is 5.41 Å². The molecule has 0 saturated heterocycles. The van der Waals surface area contributed by atoms with Crippen molar-refractivity contribution in [3.8, 4) is 0 Å². The zero-order valence-electron chi connectivity index (χ0n) is 14.0. The van der Waals surface area contributed by atoms with Crippen molar-refractivity contribution in [3.05, 3.63) is 11.4 Å². The minimum atomic E-state index is -0.101. The number of hydrogen-bond donors (Lipinski definition) is 3. The Bertz CT molecular complexity index is 500. The van der Waals surface area contributed by atoms with Crippen molar-refractivity contribution in [2.45, 2.75) is 65.7 Å². The van der Waals surface area contributed by atoms with Crippen molar-refractivity contribution in [1.82, 2.24) is 9.97 Å². The SMILES string of the molecule is CCCC1(CNc2nc(C(C)(C)C)nc(NN)c2C)CC1. The maximum atomic E-state index is 5.61. The average molecular weight is 291 g/mol. The molecule has 1 heterocycles. The van der Waals surface area contributed by atoms with Crippen LogP contribution in [0.4, 0.5) is 11.6 Å². The van der Waals surface area contributed by atoms with Crippen molar-refractivity contribution in [2.75, 3.05) is 17.3 Å². The van der Waals surface area contributed by atoms with E-state index in [2.05, 4.69) is 43.4 Å². The van der Waals surface area contributed by atoms with Gasteiger partial charge in [0, 0.05) is 17.5 Å². The molecule has 0 radical (unpaired) electrons. The minimum Gasteiger partial charge on any atom is -0.369 e. The molecule has 1 aromatic rings. The third-order valence-electron chi connectivity index (χ3n) is 4.32. The highest BCUT2D eigenvalue weighted by molar-refractivity contribution is 5.57. The number of nitrogen functional groups attached to an aromatic ring is 1. The number of nitrogens with one attached hydrogen (secondary N) is 2. The van der Waals surface area contributed by atoms with Crippen molar-refractivity contribution in [1.29, 1.82) is 0 Å². The van der Waals surface area contributed by atoms with Gasteiger partial charge in [0.15, 0.2) is 0 Å². The number of rotatable bonds is 6. The topological polar surface area (TPSA) is 75.9 Å². The van der Waals surface area contributed by atoms with Gasteiger partial charge in [0.1, 0.15) is 17.5 Å². The van der Waals surface area contributed by atoms with E-state index in [9.17, 15) is 0 Å². The zero-order chi connectivity index (χ0) is 15.7. The van der Waals surface area contributed by atoms with E-state index in [0.29, 0.717) is 11.2 Å². The molecule has 21 heavy (non-hydrogen) atoms. The lowest BCUT2D eigenvalue weighted by Gasteiger charge is -2.22. The van der Waals surface area contributed by atoms with Gasteiger partial charge in [0.2, 0.25) is 0 Å². The van der Waals surface area contributed by atoms with Gasteiger partial charge in [-0.2, -0.15) is 0 Å². The normalized spacial score (nSPS) is 16.7. The Morgan fingerprint density at radius 1 is 1.19 bits per heavy atom. The minimum absolute atomic E-state index is 0.101.